The van der Waals surface area contributed by atoms with Crippen LogP contribution in [-0.4, -0.2) is 27.5 Å². The van der Waals surface area contributed by atoms with E-state index in [1.165, 1.54) is 5.56 Å². The van der Waals surface area contributed by atoms with E-state index in [1.807, 2.05) is 79.7 Å². The van der Waals surface area contributed by atoms with Gasteiger partial charge in [0.2, 0.25) is 0 Å². The lowest BCUT2D eigenvalue weighted by molar-refractivity contribution is -0.121. The molecule has 0 aliphatic rings. The molecule has 0 radical (unpaired) electrons. The Hall–Kier alpha value is -4.03. The molecule has 0 unspecified atom stereocenters. The quantitative estimate of drug-likeness (QED) is 0.392. The van der Waals surface area contributed by atoms with Crippen LogP contribution in [0.2, 0.25) is 0 Å². The number of aromatic nitrogens is 2. The Bertz CT molecular complexity index is 1150. The molecule has 2 aromatic heterocycles. The highest BCUT2D eigenvalue weighted by Gasteiger charge is 2.09. The number of nitrogens with zero attached hydrogens (tertiary/aromatic N) is 2. The van der Waals surface area contributed by atoms with Gasteiger partial charge in [-0.3, -0.25) is 14.8 Å². The van der Waals surface area contributed by atoms with Crippen LogP contribution in [0.25, 0.3) is 0 Å². The van der Waals surface area contributed by atoms with Gasteiger partial charge >= 0.3 is 0 Å². The van der Waals surface area contributed by atoms with Gasteiger partial charge in [-0.1, -0.05) is 60.7 Å². The molecule has 1 N–H and O–H groups in total. The topological polar surface area (TPSA) is 81.5 Å². The van der Waals surface area contributed by atoms with E-state index in [2.05, 4.69) is 9.97 Å². The fraction of sp³-hybridized carbons (Fsp3) is 0.179. The number of carbonyl (C=O) groups is 1. The van der Waals surface area contributed by atoms with E-state index in [4.69, 9.17) is 14.6 Å². The van der Waals surface area contributed by atoms with Crippen LogP contribution >= 0.6 is 0 Å². The lowest BCUT2D eigenvalue weighted by atomic mass is 10.2. The van der Waals surface area contributed by atoms with Crippen molar-refractivity contribution in [1.82, 2.24) is 9.97 Å². The number of hydrogen-bond donors (Lipinski definition) is 1. The Labute approximate surface area is 199 Å². The highest BCUT2D eigenvalue weighted by atomic mass is 16.5. The van der Waals surface area contributed by atoms with Crippen molar-refractivity contribution in [1.29, 1.82) is 0 Å². The number of benzene rings is 2. The first kappa shape index (κ1) is 24.6. The molecule has 2 aromatic carbocycles. The lowest BCUT2D eigenvalue weighted by Crippen LogP contribution is -2.10. The second-order valence-corrected chi connectivity index (χ2v) is 7.46. The maximum atomic E-state index is 11.3. The number of carbonyl (C=O) groups excluding carboxylic acids is 1. The zero-order valence-corrected chi connectivity index (χ0v) is 19.1. The molecule has 6 heteroatoms. The second kappa shape index (κ2) is 13.5. The Morgan fingerprint density at radius 1 is 0.735 bits per heavy atom. The summed E-state index contributed by atoms with van der Waals surface area (Å²) in [4.78, 5) is 19.6. The fourth-order valence-electron chi connectivity index (χ4n) is 3.02. The predicted octanol–water partition coefficient (Wildman–Crippen LogP) is 4.73. The standard InChI is InChI=1S/C15H15NO3.C13H13NO/c17-10-13(18)9-14-15(7-4-8-16-14)19-11-12-5-2-1-3-6-12;1-11-13(8-5-9-14-11)15-10-12-6-3-2-4-7-12/h1-8,17H,9-11H2;2-9H,10H2,1H3. The highest BCUT2D eigenvalue weighted by molar-refractivity contribution is 5.81. The van der Waals surface area contributed by atoms with Gasteiger partial charge in [-0.05, 0) is 42.3 Å². The molecule has 0 aliphatic heterocycles. The van der Waals surface area contributed by atoms with Gasteiger partial charge in [0.15, 0.2) is 5.78 Å². The minimum absolute atomic E-state index is 0.0848. The summed E-state index contributed by atoms with van der Waals surface area (Å²) < 4.78 is 11.3. The van der Waals surface area contributed by atoms with Crippen molar-refractivity contribution in [3.8, 4) is 11.5 Å². The average molecular weight is 457 g/mol. The third-order valence-corrected chi connectivity index (χ3v) is 4.82. The minimum atomic E-state index is -0.477. The van der Waals surface area contributed by atoms with E-state index >= 15 is 0 Å². The van der Waals surface area contributed by atoms with Gasteiger partial charge in [0.05, 0.1) is 17.8 Å². The summed E-state index contributed by atoms with van der Waals surface area (Å²) >= 11 is 0. The number of aryl methyl sites for hydroxylation is 1. The van der Waals surface area contributed by atoms with Crippen molar-refractivity contribution < 1.29 is 19.4 Å². The van der Waals surface area contributed by atoms with Crippen molar-refractivity contribution in [2.75, 3.05) is 6.61 Å². The summed E-state index contributed by atoms with van der Waals surface area (Å²) in [5, 5.41) is 8.78. The van der Waals surface area contributed by atoms with E-state index in [1.54, 1.807) is 24.5 Å². The monoisotopic (exact) mass is 456 g/mol. The van der Waals surface area contributed by atoms with E-state index < -0.39 is 6.61 Å². The molecule has 0 bridgehead atoms. The normalized spacial score (nSPS) is 10.1. The van der Waals surface area contributed by atoms with Gasteiger partial charge in [-0.2, -0.15) is 0 Å². The molecular formula is C28H28N2O4. The molecule has 34 heavy (non-hydrogen) atoms. The van der Waals surface area contributed by atoms with E-state index in [0.717, 1.165) is 17.0 Å². The summed E-state index contributed by atoms with van der Waals surface area (Å²) in [5.74, 6) is 1.15. The van der Waals surface area contributed by atoms with Crippen LogP contribution in [0.3, 0.4) is 0 Å². The fourth-order valence-corrected chi connectivity index (χ4v) is 3.02. The summed E-state index contributed by atoms with van der Waals surface area (Å²) in [7, 11) is 0. The Morgan fingerprint density at radius 2 is 1.26 bits per heavy atom. The minimum Gasteiger partial charge on any atom is -0.487 e. The number of aliphatic hydroxyl groups excluding tert-OH is 1. The van der Waals surface area contributed by atoms with Crippen molar-refractivity contribution in [3.05, 3.63) is 120 Å². The third kappa shape index (κ3) is 8.15. The number of hydrogen-bond acceptors (Lipinski definition) is 6. The van der Waals surface area contributed by atoms with Crippen LogP contribution in [0.4, 0.5) is 0 Å². The number of pyridine rings is 2. The molecule has 0 amide bonds. The van der Waals surface area contributed by atoms with E-state index in [0.29, 0.717) is 24.7 Å². The Morgan fingerprint density at radius 3 is 1.82 bits per heavy atom. The molecule has 0 spiro atoms. The van der Waals surface area contributed by atoms with Crippen molar-refractivity contribution >= 4 is 5.78 Å². The second-order valence-electron chi connectivity index (χ2n) is 7.46. The first-order valence-corrected chi connectivity index (χ1v) is 11.0. The van der Waals surface area contributed by atoms with Crippen molar-refractivity contribution in [3.63, 3.8) is 0 Å². The van der Waals surface area contributed by atoms with Gasteiger partial charge in [0, 0.05) is 12.4 Å². The molecule has 0 atom stereocenters. The number of Topliss-reactive ketones (excluding diaryl/α,β-unsaturated/α-hetero) is 1. The SMILES string of the molecule is Cc1ncccc1OCc1ccccc1.O=C(CO)Cc1ncccc1OCc1ccccc1. The predicted molar refractivity (Wildman–Crippen MR) is 131 cm³/mol. The highest BCUT2D eigenvalue weighted by Crippen LogP contribution is 2.18. The molecule has 174 valence electrons. The largest absolute Gasteiger partial charge is 0.487 e. The van der Waals surface area contributed by atoms with Crippen LogP contribution in [0.1, 0.15) is 22.5 Å². The molecular weight excluding hydrogens is 428 g/mol. The third-order valence-electron chi connectivity index (χ3n) is 4.82. The molecule has 0 saturated carbocycles. The number of aliphatic hydroxyl groups is 1. The van der Waals surface area contributed by atoms with Gasteiger partial charge in [0.25, 0.3) is 0 Å². The molecule has 0 aliphatic carbocycles. The number of ether oxygens (including phenoxy) is 2. The Kier molecular flexibility index (Phi) is 9.77. The molecule has 2 heterocycles. The first-order chi connectivity index (χ1) is 16.7. The van der Waals surface area contributed by atoms with Crippen LogP contribution in [0.5, 0.6) is 11.5 Å². The first-order valence-electron chi connectivity index (χ1n) is 11.0. The van der Waals surface area contributed by atoms with Gasteiger partial charge in [-0.25, -0.2) is 0 Å². The van der Waals surface area contributed by atoms with Gasteiger partial charge < -0.3 is 14.6 Å². The summed E-state index contributed by atoms with van der Waals surface area (Å²) in [6, 6.07) is 27.2. The van der Waals surface area contributed by atoms with Gasteiger partial charge in [-0.15, -0.1) is 0 Å². The molecule has 0 fully saturated rings. The molecule has 4 rings (SSSR count). The smallest absolute Gasteiger partial charge is 0.164 e. The number of rotatable bonds is 9. The maximum Gasteiger partial charge on any atom is 0.164 e. The molecule has 6 nitrogen and oxygen atoms in total. The molecule has 4 aromatic rings. The van der Waals surface area contributed by atoms with Crippen molar-refractivity contribution in [2.24, 2.45) is 0 Å². The van der Waals surface area contributed by atoms with E-state index in [9.17, 15) is 4.79 Å². The summed E-state index contributed by atoms with van der Waals surface area (Å²) in [5.41, 5.74) is 3.69. The maximum absolute atomic E-state index is 11.3. The average Bonchev–Trinajstić information content (AvgIpc) is 2.89. The van der Waals surface area contributed by atoms with Crippen LogP contribution in [0, 0.1) is 6.92 Å². The van der Waals surface area contributed by atoms with Crippen LogP contribution in [-0.2, 0) is 24.4 Å². The zero-order chi connectivity index (χ0) is 24.0. The van der Waals surface area contributed by atoms with Crippen LogP contribution in [0.15, 0.2) is 97.3 Å². The Balaban J connectivity index is 0.000000196. The lowest BCUT2D eigenvalue weighted by Gasteiger charge is -2.09. The number of ketones is 1. The molecule has 0 saturated heterocycles. The summed E-state index contributed by atoms with van der Waals surface area (Å²) in [6.07, 6.45) is 3.46. The van der Waals surface area contributed by atoms with Gasteiger partial charge in [0.1, 0.15) is 31.3 Å². The zero-order valence-electron chi connectivity index (χ0n) is 19.1. The van der Waals surface area contributed by atoms with Crippen molar-refractivity contribution in [2.45, 2.75) is 26.6 Å². The van der Waals surface area contributed by atoms with Crippen LogP contribution < -0.4 is 9.47 Å². The summed E-state index contributed by atoms with van der Waals surface area (Å²) in [6.45, 7) is 2.48. The van der Waals surface area contributed by atoms with E-state index in [-0.39, 0.29) is 12.2 Å².